The third-order valence-electron chi connectivity index (χ3n) is 3.00. The van der Waals surface area contributed by atoms with Gasteiger partial charge < -0.3 is 5.73 Å². The second-order valence-electron chi connectivity index (χ2n) is 4.24. The van der Waals surface area contributed by atoms with Crippen LogP contribution in [-0.2, 0) is 0 Å². The second kappa shape index (κ2) is 4.59. The molecule has 19 heavy (non-hydrogen) atoms. The largest absolute Gasteiger partial charge is 0.383 e. The van der Waals surface area contributed by atoms with Gasteiger partial charge in [0.2, 0.25) is 0 Å². The maximum atomic E-state index is 6.03. The Kier molecular flexibility index (Phi) is 2.91. The third kappa shape index (κ3) is 2.06. The van der Waals surface area contributed by atoms with Gasteiger partial charge in [0.1, 0.15) is 5.82 Å². The fraction of sp³-hybridized carbons (Fsp3) is 0.0714. The topological polar surface area (TPSA) is 64.7 Å². The quantitative estimate of drug-likeness (QED) is 0.748. The van der Waals surface area contributed by atoms with E-state index in [0.717, 1.165) is 26.5 Å². The van der Waals surface area contributed by atoms with Gasteiger partial charge in [-0.05, 0) is 36.8 Å². The van der Waals surface area contributed by atoms with Crippen molar-refractivity contribution in [1.29, 1.82) is 0 Å². The van der Waals surface area contributed by atoms with Crippen molar-refractivity contribution in [3.05, 3.63) is 46.7 Å². The predicted molar refractivity (Wildman–Crippen MR) is 79.6 cm³/mol. The van der Waals surface area contributed by atoms with Crippen LogP contribution in [0.1, 0.15) is 5.56 Å². The van der Waals surface area contributed by atoms with Crippen LogP contribution in [0.4, 0.5) is 5.82 Å². The Hall–Kier alpha value is -2.01. The van der Waals surface area contributed by atoms with Crippen LogP contribution < -0.4 is 5.73 Å². The Morgan fingerprint density at radius 1 is 1.16 bits per heavy atom. The molecule has 2 aromatic heterocycles. The van der Waals surface area contributed by atoms with E-state index in [0.29, 0.717) is 11.6 Å². The highest BCUT2D eigenvalue weighted by atomic mass is 79.9. The summed E-state index contributed by atoms with van der Waals surface area (Å²) in [6, 6.07) is 7.66. The summed E-state index contributed by atoms with van der Waals surface area (Å²) in [4.78, 5) is 13.0. The van der Waals surface area contributed by atoms with Crippen LogP contribution in [0, 0.1) is 6.92 Å². The molecule has 0 spiro atoms. The number of hydrogen-bond acceptors (Lipinski definition) is 4. The molecule has 5 heteroatoms. The van der Waals surface area contributed by atoms with Gasteiger partial charge in [0.05, 0.1) is 5.52 Å². The molecule has 0 fully saturated rings. The fourth-order valence-corrected chi connectivity index (χ4v) is 2.28. The first-order valence-corrected chi connectivity index (χ1v) is 6.59. The number of pyridine rings is 1. The van der Waals surface area contributed by atoms with E-state index in [2.05, 4.69) is 30.9 Å². The molecule has 2 heterocycles. The molecule has 0 saturated heterocycles. The summed E-state index contributed by atoms with van der Waals surface area (Å²) in [5.41, 5.74) is 8.80. The number of halogens is 1. The predicted octanol–water partition coefficient (Wildman–Crippen LogP) is 3.34. The molecule has 0 aliphatic heterocycles. The molecular weight excluding hydrogens is 304 g/mol. The monoisotopic (exact) mass is 314 g/mol. The number of nitrogen functional groups attached to an aromatic ring is 1. The van der Waals surface area contributed by atoms with E-state index < -0.39 is 0 Å². The Labute approximate surface area is 118 Å². The minimum atomic E-state index is 0.486. The van der Waals surface area contributed by atoms with Crippen molar-refractivity contribution in [3.8, 4) is 11.4 Å². The Bertz CT molecular complexity index is 756. The Morgan fingerprint density at radius 2 is 2.00 bits per heavy atom. The lowest BCUT2D eigenvalue weighted by molar-refractivity contribution is 1.20. The van der Waals surface area contributed by atoms with Gasteiger partial charge >= 0.3 is 0 Å². The number of anilines is 1. The normalized spacial score (nSPS) is 10.8. The lowest BCUT2D eigenvalue weighted by Gasteiger charge is -2.08. The molecular formula is C14H11BrN4. The smallest absolute Gasteiger partial charge is 0.163 e. The van der Waals surface area contributed by atoms with Crippen LogP contribution in [0.15, 0.2) is 41.1 Å². The Morgan fingerprint density at radius 3 is 2.74 bits per heavy atom. The number of fused-ring (bicyclic) bond motifs is 1. The van der Waals surface area contributed by atoms with Crippen molar-refractivity contribution >= 4 is 32.7 Å². The summed E-state index contributed by atoms with van der Waals surface area (Å²) in [7, 11) is 0. The number of aryl methyl sites for hydroxylation is 1. The first-order valence-electron chi connectivity index (χ1n) is 5.79. The number of benzene rings is 1. The first-order chi connectivity index (χ1) is 9.16. The molecule has 3 rings (SSSR count). The Balaban J connectivity index is 2.32. The number of nitrogens with two attached hydrogens (primary N) is 1. The standard InChI is InChI=1S/C14H11BrN4/c1-8-11(15)5-4-10-12(8)18-14(19-13(10)16)9-3-2-6-17-7-9/h2-7H,1H3,(H2,16,18,19). The zero-order valence-electron chi connectivity index (χ0n) is 10.3. The fourth-order valence-electron chi connectivity index (χ4n) is 1.96. The van der Waals surface area contributed by atoms with E-state index in [1.165, 1.54) is 0 Å². The summed E-state index contributed by atoms with van der Waals surface area (Å²) in [6.07, 6.45) is 3.45. The van der Waals surface area contributed by atoms with Crippen molar-refractivity contribution in [3.63, 3.8) is 0 Å². The molecule has 0 radical (unpaired) electrons. The zero-order chi connectivity index (χ0) is 13.4. The highest BCUT2D eigenvalue weighted by molar-refractivity contribution is 9.10. The summed E-state index contributed by atoms with van der Waals surface area (Å²) in [5, 5.41) is 0.869. The van der Waals surface area contributed by atoms with Gasteiger partial charge in [-0.3, -0.25) is 4.98 Å². The van der Waals surface area contributed by atoms with E-state index >= 15 is 0 Å². The van der Waals surface area contributed by atoms with Gasteiger partial charge in [0.25, 0.3) is 0 Å². The van der Waals surface area contributed by atoms with Crippen LogP contribution >= 0.6 is 15.9 Å². The minimum Gasteiger partial charge on any atom is -0.383 e. The SMILES string of the molecule is Cc1c(Br)ccc2c(N)nc(-c3cccnc3)nc12. The van der Waals surface area contributed by atoms with Crippen molar-refractivity contribution < 1.29 is 0 Å². The van der Waals surface area contributed by atoms with Crippen LogP contribution in [-0.4, -0.2) is 15.0 Å². The molecule has 0 saturated carbocycles. The van der Waals surface area contributed by atoms with Gasteiger partial charge in [-0.15, -0.1) is 0 Å². The van der Waals surface area contributed by atoms with Crippen molar-refractivity contribution in [2.24, 2.45) is 0 Å². The van der Waals surface area contributed by atoms with Gasteiger partial charge in [-0.25, -0.2) is 9.97 Å². The third-order valence-corrected chi connectivity index (χ3v) is 3.86. The van der Waals surface area contributed by atoms with Gasteiger partial charge in [-0.1, -0.05) is 15.9 Å². The molecule has 0 unspecified atom stereocenters. The highest BCUT2D eigenvalue weighted by Crippen LogP contribution is 2.29. The van der Waals surface area contributed by atoms with Crippen LogP contribution in [0.25, 0.3) is 22.3 Å². The highest BCUT2D eigenvalue weighted by Gasteiger charge is 2.10. The van der Waals surface area contributed by atoms with Crippen molar-refractivity contribution in [1.82, 2.24) is 15.0 Å². The number of rotatable bonds is 1. The molecule has 0 aliphatic rings. The lowest BCUT2D eigenvalue weighted by Crippen LogP contribution is -1.99. The van der Waals surface area contributed by atoms with Gasteiger partial charge in [0, 0.05) is 27.8 Å². The average molecular weight is 315 g/mol. The number of hydrogen-bond donors (Lipinski definition) is 1. The van der Waals surface area contributed by atoms with Crippen LogP contribution in [0.3, 0.4) is 0 Å². The summed E-state index contributed by atoms with van der Waals surface area (Å²) in [5.74, 6) is 1.08. The molecule has 0 bridgehead atoms. The molecule has 0 amide bonds. The van der Waals surface area contributed by atoms with E-state index in [1.54, 1.807) is 12.4 Å². The average Bonchev–Trinajstić information content (AvgIpc) is 2.44. The molecule has 0 atom stereocenters. The zero-order valence-corrected chi connectivity index (χ0v) is 11.8. The summed E-state index contributed by atoms with van der Waals surface area (Å²) < 4.78 is 1.01. The van der Waals surface area contributed by atoms with E-state index in [4.69, 9.17) is 5.73 Å². The molecule has 0 aliphatic carbocycles. The van der Waals surface area contributed by atoms with E-state index in [-0.39, 0.29) is 0 Å². The first kappa shape index (κ1) is 12.0. The van der Waals surface area contributed by atoms with Crippen molar-refractivity contribution in [2.75, 3.05) is 5.73 Å². The summed E-state index contributed by atoms with van der Waals surface area (Å²) >= 11 is 3.51. The molecule has 1 aromatic carbocycles. The number of nitrogens with zero attached hydrogens (tertiary/aromatic N) is 3. The van der Waals surface area contributed by atoms with Gasteiger partial charge in [-0.2, -0.15) is 0 Å². The number of aromatic nitrogens is 3. The summed E-state index contributed by atoms with van der Waals surface area (Å²) in [6.45, 7) is 2.01. The van der Waals surface area contributed by atoms with E-state index in [9.17, 15) is 0 Å². The van der Waals surface area contributed by atoms with Gasteiger partial charge in [0.15, 0.2) is 5.82 Å². The van der Waals surface area contributed by atoms with Crippen LogP contribution in [0.5, 0.6) is 0 Å². The lowest BCUT2D eigenvalue weighted by atomic mass is 10.1. The molecule has 2 N–H and O–H groups in total. The minimum absolute atomic E-state index is 0.486. The molecule has 4 nitrogen and oxygen atoms in total. The van der Waals surface area contributed by atoms with Crippen molar-refractivity contribution in [2.45, 2.75) is 6.92 Å². The van der Waals surface area contributed by atoms with Crippen LogP contribution in [0.2, 0.25) is 0 Å². The maximum absolute atomic E-state index is 6.03. The molecule has 3 aromatic rings. The van der Waals surface area contributed by atoms with E-state index in [1.807, 2.05) is 31.2 Å². The maximum Gasteiger partial charge on any atom is 0.163 e. The second-order valence-corrected chi connectivity index (χ2v) is 5.10. The molecule has 94 valence electrons.